The fourth-order valence-corrected chi connectivity index (χ4v) is 7.31. The number of hydrogen-bond donors (Lipinski definition) is 3. The summed E-state index contributed by atoms with van der Waals surface area (Å²) in [6.07, 6.45) is 3.50. The number of aryl methyl sites for hydroxylation is 2. The third-order valence-electron chi connectivity index (χ3n) is 9.63. The Bertz CT molecular complexity index is 2180. The number of methoxy groups -OCH3 is 1. The smallest absolute Gasteiger partial charge is 0.330 e. The Morgan fingerprint density at radius 2 is 1.81 bits per heavy atom. The second-order valence-corrected chi connectivity index (χ2v) is 12.8. The lowest BCUT2D eigenvalue weighted by molar-refractivity contribution is -0.0304. The maximum Gasteiger partial charge on any atom is 0.330 e. The average Bonchev–Trinajstić information content (AvgIpc) is 3.50. The third kappa shape index (κ3) is 5.46. The van der Waals surface area contributed by atoms with E-state index >= 15 is 0 Å². The summed E-state index contributed by atoms with van der Waals surface area (Å²) in [5.41, 5.74) is 6.72. The molecular weight excluding hydrogens is 632 g/mol. The standard InChI is InChI=1S/C36H37ClN6O5/c1-19-21(7-6-10-24(19)40-33-31-28(13-15-38-33)42(2)36(46)43(3)35(31)45)22-8-5-9-23(32(22)37)27-17-20-11-12-26(30(20)34(41-27)47-4)39-25-14-16-48-18-29(25)44/h5-10,13,15,17,25-26,29,39,44H,11-12,14,16,18H2,1-4H3,(H,38,40)/t25-,26+,29-/m1/s1. The van der Waals surface area contributed by atoms with Crippen LogP contribution in [0.2, 0.25) is 5.02 Å². The molecule has 1 aliphatic carbocycles. The van der Waals surface area contributed by atoms with Crippen molar-refractivity contribution in [3.05, 3.63) is 97.3 Å². The van der Waals surface area contributed by atoms with E-state index in [9.17, 15) is 14.7 Å². The predicted molar refractivity (Wildman–Crippen MR) is 186 cm³/mol. The van der Waals surface area contributed by atoms with Crippen molar-refractivity contribution in [3.8, 4) is 28.3 Å². The number of nitrogens with zero attached hydrogens (tertiary/aromatic N) is 4. The minimum Gasteiger partial charge on any atom is -0.481 e. The molecule has 2 aromatic carbocycles. The molecular formula is C36H37ClN6O5. The van der Waals surface area contributed by atoms with Crippen LogP contribution in [0.25, 0.3) is 33.3 Å². The van der Waals surface area contributed by atoms with E-state index in [1.54, 1.807) is 26.4 Å². The molecule has 3 aromatic heterocycles. The number of aliphatic hydroxyl groups is 1. The topological polar surface area (TPSA) is 133 Å². The van der Waals surface area contributed by atoms with Gasteiger partial charge in [-0.05, 0) is 61.1 Å². The van der Waals surface area contributed by atoms with Crippen molar-refractivity contribution in [2.45, 2.75) is 44.4 Å². The quantitative estimate of drug-likeness (QED) is 0.224. The first-order chi connectivity index (χ1) is 23.2. The van der Waals surface area contributed by atoms with Gasteiger partial charge in [-0.15, -0.1) is 0 Å². The van der Waals surface area contributed by atoms with Gasteiger partial charge in [0.15, 0.2) is 0 Å². The summed E-state index contributed by atoms with van der Waals surface area (Å²) >= 11 is 7.19. The van der Waals surface area contributed by atoms with Crippen LogP contribution in [0.15, 0.2) is 64.3 Å². The molecule has 3 N–H and O–H groups in total. The van der Waals surface area contributed by atoms with Crippen molar-refractivity contribution in [1.82, 2.24) is 24.4 Å². The molecule has 3 atom stereocenters. The van der Waals surface area contributed by atoms with Gasteiger partial charge in [-0.2, -0.15) is 0 Å². The number of aliphatic hydroxyl groups excluding tert-OH is 1. The van der Waals surface area contributed by atoms with Crippen LogP contribution in [0.5, 0.6) is 5.88 Å². The normalized spacial score (nSPS) is 19.0. The first kappa shape index (κ1) is 32.0. The highest BCUT2D eigenvalue weighted by atomic mass is 35.5. The van der Waals surface area contributed by atoms with Crippen molar-refractivity contribution in [3.63, 3.8) is 0 Å². The number of ether oxygens (including phenoxy) is 2. The van der Waals surface area contributed by atoms with E-state index in [1.807, 2.05) is 43.3 Å². The maximum atomic E-state index is 13.2. The van der Waals surface area contributed by atoms with Crippen molar-refractivity contribution in [1.29, 1.82) is 0 Å². The summed E-state index contributed by atoms with van der Waals surface area (Å²) in [6, 6.07) is 15.5. The van der Waals surface area contributed by atoms with Gasteiger partial charge >= 0.3 is 5.69 Å². The number of hydrogen-bond acceptors (Lipinski definition) is 9. The molecule has 1 fully saturated rings. The molecule has 0 radical (unpaired) electrons. The second kappa shape index (κ2) is 12.8. The Morgan fingerprint density at radius 3 is 2.60 bits per heavy atom. The van der Waals surface area contributed by atoms with Crippen LogP contribution < -0.4 is 26.6 Å². The van der Waals surface area contributed by atoms with Crippen LogP contribution in [-0.4, -0.2) is 56.7 Å². The molecule has 7 rings (SSSR count). The molecule has 1 saturated heterocycles. The monoisotopic (exact) mass is 668 g/mol. The molecule has 5 aromatic rings. The zero-order valence-electron chi connectivity index (χ0n) is 27.2. The summed E-state index contributed by atoms with van der Waals surface area (Å²) in [6.45, 7) is 2.94. The van der Waals surface area contributed by atoms with Crippen molar-refractivity contribution in [2.75, 3.05) is 25.6 Å². The van der Waals surface area contributed by atoms with Gasteiger partial charge in [0.1, 0.15) is 11.2 Å². The molecule has 0 unspecified atom stereocenters. The molecule has 4 heterocycles. The van der Waals surface area contributed by atoms with Gasteiger partial charge in [-0.3, -0.25) is 13.9 Å². The minimum absolute atomic E-state index is 0.0234. The highest BCUT2D eigenvalue weighted by molar-refractivity contribution is 6.36. The SMILES string of the molecule is COc1nc(-c2cccc(-c3cccc(Nc4nccc5c4c(=O)n(C)c(=O)n5C)c3C)c2Cl)cc2c1[C@@H](N[C@@H]1CCOC[C@H]1O)CC2. The fourth-order valence-electron chi connectivity index (χ4n) is 6.99. The van der Waals surface area contributed by atoms with Gasteiger partial charge < -0.3 is 25.2 Å². The molecule has 0 saturated carbocycles. The number of aromatic nitrogens is 4. The van der Waals surface area contributed by atoms with Crippen molar-refractivity contribution in [2.24, 2.45) is 14.1 Å². The van der Waals surface area contributed by atoms with E-state index in [1.165, 1.54) is 11.6 Å². The number of halogens is 1. The zero-order chi connectivity index (χ0) is 33.7. The van der Waals surface area contributed by atoms with Crippen LogP contribution >= 0.6 is 11.6 Å². The summed E-state index contributed by atoms with van der Waals surface area (Å²) in [5, 5.41) is 18.3. The van der Waals surface area contributed by atoms with E-state index in [0.717, 1.165) is 68.6 Å². The predicted octanol–water partition coefficient (Wildman–Crippen LogP) is 4.80. The van der Waals surface area contributed by atoms with E-state index in [-0.39, 0.29) is 12.1 Å². The highest BCUT2D eigenvalue weighted by Crippen LogP contribution is 2.43. The average molecular weight is 669 g/mol. The summed E-state index contributed by atoms with van der Waals surface area (Å²) in [5.74, 6) is 0.909. The molecule has 11 nitrogen and oxygen atoms in total. The summed E-state index contributed by atoms with van der Waals surface area (Å²) in [4.78, 5) is 35.1. The van der Waals surface area contributed by atoms with Crippen LogP contribution in [0.1, 0.15) is 35.6 Å². The zero-order valence-corrected chi connectivity index (χ0v) is 28.0. The number of anilines is 2. The minimum atomic E-state index is -0.550. The van der Waals surface area contributed by atoms with Gasteiger partial charge in [0, 0.05) is 61.4 Å². The summed E-state index contributed by atoms with van der Waals surface area (Å²) in [7, 11) is 4.72. The Morgan fingerprint density at radius 1 is 1.04 bits per heavy atom. The molecule has 48 heavy (non-hydrogen) atoms. The molecule has 2 aliphatic rings. The van der Waals surface area contributed by atoms with Crippen LogP contribution in [0.3, 0.4) is 0 Å². The number of pyridine rings is 2. The van der Waals surface area contributed by atoms with Gasteiger partial charge in [-0.25, -0.2) is 14.8 Å². The van der Waals surface area contributed by atoms with Crippen LogP contribution in [-0.2, 0) is 25.3 Å². The number of fused-ring (bicyclic) bond motifs is 2. The molecule has 0 bridgehead atoms. The van der Waals surface area contributed by atoms with E-state index in [2.05, 4.69) is 21.7 Å². The Hall–Kier alpha value is -4.55. The maximum absolute atomic E-state index is 13.2. The van der Waals surface area contributed by atoms with Crippen LogP contribution in [0, 0.1) is 6.92 Å². The molecule has 12 heteroatoms. The Balaban J connectivity index is 1.24. The van der Waals surface area contributed by atoms with Gasteiger partial charge in [0.05, 0.1) is 36.1 Å². The number of rotatable bonds is 7. The highest BCUT2D eigenvalue weighted by Gasteiger charge is 2.33. The van der Waals surface area contributed by atoms with Crippen LogP contribution in [0.4, 0.5) is 11.5 Å². The first-order valence-corrected chi connectivity index (χ1v) is 16.4. The first-order valence-electron chi connectivity index (χ1n) is 16.0. The largest absolute Gasteiger partial charge is 0.481 e. The van der Waals surface area contributed by atoms with E-state index in [0.29, 0.717) is 40.8 Å². The summed E-state index contributed by atoms with van der Waals surface area (Å²) < 4.78 is 13.8. The van der Waals surface area contributed by atoms with Crippen molar-refractivity contribution < 1.29 is 14.6 Å². The second-order valence-electron chi connectivity index (χ2n) is 12.4. The number of nitrogens with one attached hydrogen (secondary N) is 2. The lowest BCUT2D eigenvalue weighted by atomic mass is 9.96. The molecule has 248 valence electrons. The van der Waals surface area contributed by atoms with E-state index < -0.39 is 17.4 Å². The van der Waals surface area contributed by atoms with Gasteiger partial charge in [0.2, 0.25) is 5.88 Å². The van der Waals surface area contributed by atoms with Crippen molar-refractivity contribution >= 4 is 34.0 Å². The lowest BCUT2D eigenvalue weighted by Crippen LogP contribution is -2.47. The molecule has 0 amide bonds. The third-order valence-corrected chi connectivity index (χ3v) is 10.0. The Kier molecular flexibility index (Phi) is 8.55. The number of benzene rings is 2. The van der Waals surface area contributed by atoms with E-state index in [4.69, 9.17) is 26.1 Å². The lowest BCUT2D eigenvalue weighted by Gasteiger charge is -2.31. The molecule has 0 spiro atoms. The van der Waals surface area contributed by atoms with Gasteiger partial charge in [0.25, 0.3) is 5.56 Å². The Labute approximate surface area is 282 Å². The fraction of sp³-hybridized carbons (Fsp3) is 0.333. The molecule has 1 aliphatic heterocycles. The van der Waals surface area contributed by atoms with Gasteiger partial charge in [-0.1, -0.05) is 41.9 Å².